The molecule has 1 aromatic carbocycles. The van der Waals surface area contributed by atoms with Crippen molar-refractivity contribution in [3.63, 3.8) is 0 Å². The molecule has 3 amide bonds. The number of amides is 3. The predicted molar refractivity (Wildman–Crippen MR) is 157 cm³/mol. The summed E-state index contributed by atoms with van der Waals surface area (Å²) in [5.74, 6) is -3.70. The highest BCUT2D eigenvalue weighted by Gasteiger charge is 2.75. The average molecular weight is 645 g/mol. The summed E-state index contributed by atoms with van der Waals surface area (Å²) in [7, 11) is 0. The van der Waals surface area contributed by atoms with E-state index in [9.17, 15) is 24.3 Å². The Morgan fingerprint density at radius 3 is 2.50 bits per heavy atom. The van der Waals surface area contributed by atoms with E-state index in [1.54, 1.807) is 30.0 Å². The van der Waals surface area contributed by atoms with E-state index in [0.29, 0.717) is 16.5 Å². The van der Waals surface area contributed by atoms with Gasteiger partial charge in [-0.3, -0.25) is 19.2 Å². The molecule has 0 radical (unpaired) electrons. The summed E-state index contributed by atoms with van der Waals surface area (Å²) in [6.07, 6.45) is 4.72. The molecule has 4 aliphatic rings. The molecule has 10 nitrogen and oxygen atoms in total. The average Bonchev–Trinajstić information content (AvgIpc) is 3.52. The van der Waals surface area contributed by atoms with Crippen LogP contribution in [-0.2, 0) is 28.7 Å². The highest BCUT2D eigenvalue weighted by Crippen LogP contribution is 2.60. The number of nitrogens with one attached hydrogen (secondary N) is 1. The molecule has 2 fully saturated rings. The number of rotatable bonds is 3. The molecule has 0 aromatic heterocycles. The maximum absolute atomic E-state index is 14.8. The van der Waals surface area contributed by atoms with E-state index < -0.39 is 65.8 Å². The van der Waals surface area contributed by atoms with Gasteiger partial charge in [0.05, 0.1) is 25.1 Å². The Kier molecular flexibility index (Phi) is 8.39. The standard InChI is InChI=1S/C31H38BrN3O7/c1-18-16-33-22(37)13-9-6-10-14-34(30(2,3)4)28(39)26-31-15-20(32)25(42-31)23(29(40)41-18)24(31)27(38)35(26)21(17-36)19-11-7-5-8-12-19/h5-8,10-12,15,18,21,23-26,36H,9,13-14,16-17H2,1-4H3,(H,33,37)/b10-6-/t18-,21+,23+,24-,25+,26+,31-/m0/s1. The van der Waals surface area contributed by atoms with Gasteiger partial charge in [-0.1, -0.05) is 58.4 Å². The molecule has 5 bridgehead atoms. The molecule has 7 atom stereocenters. The van der Waals surface area contributed by atoms with Crippen molar-refractivity contribution in [3.05, 3.63) is 58.6 Å². The molecule has 42 heavy (non-hydrogen) atoms. The van der Waals surface area contributed by atoms with Crippen LogP contribution in [0.5, 0.6) is 0 Å². The zero-order chi connectivity index (χ0) is 30.4. The van der Waals surface area contributed by atoms with Crippen molar-refractivity contribution in [1.29, 1.82) is 0 Å². The fourth-order valence-corrected chi connectivity index (χ4v) is 7.33. The van der Waals surface area contributed by atoms with Crippen molar-refractivity contribution < 1.29 is 33.8 Å². The molecule has 1 aromatic rings. The second-order valence-electron chi connectivity index (χ2n) is 12.4. The lowest BCUT2D eigenvalue weighted by Gasteiger charge is -2.43. The number of nitrogens with zero attached hydrogens (tertiary/aromatic N) is 2. The number of ether oxygens (including phenoxy) is 2. The number of likely N-dealkylation sites (tertiary alicyclic amines) is 1. The number of halogens is 1. The molecule has 11 heteroatoms. The number of esters is 1. The lowest BCUT2D eigenvalue weighted by Crippen LogP contribution is -2.60. The van der Waals surface area contributed by atoms with E-state index >= 15 is 0 Å². The molecular formula is C31H38BrN3O7. The quantitative estimate of drug-likeness (QED) is 0.383. The smallest absolute Gasteiger partial charge is 0.313 e. The minimum Gasteiger partial charge on any atom is -0.460 e. The van der Waals surface area contributed by atoms with Gasteiger partial charge in [0.15, 0.2) is 0 Å². The Morgan fingerprint density at radius 2 is 1.83 bits per heavy atom. The second-order valence-corrected chi connectivity index (χ2v) is 13.3. The molecular weight excluding hydrogens is 606 g/mol. The third-order valence-electron chi connectivity index (χ3n) is 8.54. The van der Waals surface area contributed by atoms with E-state index in [2.05, 4.69) is 21.2 Å². The lowest BCUT2D eigenvalue weighted by molar-refractivity contribution is -0.160. The van der Waals surface area contributed by atoms with E-state index in [-0.39, 0.29) is 31.3 Å². The first-order valence-corrected chi connectivity index (χ1v) is 15.2. The zero-order valence-corrected chi connectivity index (χ0v) is 25.9. The summed E-state index contributed by atoms with van der Waals surface area (Å²) >= 11 is 3.55. The van der Waals surface area contributed by atoms with E-state index in [1.165, 1.54) is 4.90 Å². The summed E-state index contributed by atoms with van der Waals surface area (Å²) in [5.41, 5.74) is -1.45. The van der Waals surface area contributed by atoms with Gasteiger partial charge in [-0.2, -0.15) is 0 Å². The van der Waals surface area contributed by atoms with E-state index in [1.807, 2.05) is 51.1 Å². The summed E-state index contributed by atoms with van der Waals surface area (Å²) in [5, 5.41) is 13.5. The van der Waals surface area contributed by atoms with Crippen LogP contribution >= 0.6 is 15.9 Å². The number of cyclic esters (lactones) is 1. The fourth-order valence-electron chi connectivity index (χ4n) is 6.59. The van der Waals surface area contributed by atoms with E-state index in [4.69, 9.17) is 9.47 Å². The van der Waals surface area contributed by atoms with Gasteiger partial charge in [0.1, 0.15) is 29.8 Å². The van der Waals surface area contributed by atoms with Crippen LogP contribution in [-0.4, -0.2) is 87.7 Å². The zero-order valence-electron chi connectivity index (χ0n) is 24.3. The van der Waals surface area contributed by atoms with Crippen molar-refractivity contribution in [2.75, 3.05) is 19.7 Å². The van der Waals surface area contributed by atoms with Crippen molar-refractivity contribution in [1.82, 2.24) is 15.1 Å². The summed E-state index contributed by atoms with van der Waals surface area (Å²) < 4.78 is 12.8. The minimum absolute atomic E-state index is 0.124. The summed E-state index contributed by atoms with van der Waals surface area (Å²) in [6, 6.07) is 7.05. The van der Waals surface area contributed by atoms with Crippen molar-refractivity contribution in [2.24, 2.45) is 11.8 Å². The Hall–Kier alpha value is -3.02. The molecule has 2 N–H and O–H groups in total. The second kappa shape index (κ2) is 11.6. The van der Waals surface area contributed by atoms with Crippen LogP contribution in [0.25, 0.3) is 0 Å². The number of allylic oxidation sites excluding steroid dienone is 1. The van der Waals surface area contributed by atoms with Gasteiger partial charge in [0, 0.05) is 23.0 Å². The van der Waals surface area contributed by atoms with Gasteiger partial charge in [0.2, 0.25) is 17.7 Å². The third-order valence-corrected chi connectivity index (χ3v) is 9.22. The summed E-state index contributed by atoms with van der Waals surface area (Å²) in [6.45, 7) is 7.32. The Morgan fingerprint density at radius 1 is 1.12 bits per heavy atom. The van der Waals surface area contributed by atoms with E-state index in [0.717, 1.165) is 0 Å². The maximum atomic E-state index is 14.8. The van der Waals surface area contributed by atoms with Gasteiger partial charge in [0.25, 0.3) is 0 Å². The molecule has 2 saturated heterocycles. The molecule has 1 spiro atoms. The van der Waals surface area contributed by atoms with Crippen molar-refractivity contribution >= 4 is 39.6 Å². The number of carbonyl (C=O) groups is 4. The highest BCUT2D eigenvalue weighted by atomic mass is 79.9. The van der Waals surface area contributed by atoms with Crippen LogP contribution in [0.15, 0.2) is 53.0 Å². The molecule has 0 aliphatic carbocycles. The normalized spacial score (nSPS) is 33.7. The Labute approximate surface area is 254 Å². The number of benzene rings is 1. The van der Waals surface area contributed by atoms with Crippen LogP contribution in [0, 0.1) is 11.8 Å². The van der Waals surface area contributed by atoms with Gasteiger partial charge in [-0.25, -0.2) is 0 Å². The van der Waals surface area contributed by atoms with Gasteiger partial charge in [-0.05, 0) is 45.8 Å². The number of hydrogen-bond acceptors (Lipinski definition) is 7. The molecule has 4 heterocycles. The molecule has 226 valence electrons. The summed E-state index contributed by atoms with van der Waals surface area (Å²) in [4.78, 5) is 58.5. The third kappa shape index (κ3) is 5.20. The van der Waals surface area contributed by atoms with Crippen LogP contribution in [0.2, 0.25) is 0 Å². The Bertz CT molecular complexity index is 1310. The first kappa shape index (κ1) is 30.4. The minimum atomic E-state index is -1.46. The predicted octanol–water partition coefficient (Wildman–Crippen LogP) is 2.62. The Balaban J connectivity index is 1.67. The van der Waals surface area contributed by atoms with Crippen LogP contribution in [0.1, 0.15) is 52.1 Å². The van der Waals surface area contributed by atoms with Crippen LogP contribution in [0.4, 0.5) is 0 Å². The molecule has 5 rings (SSSR count). The first-order valence-electron chi connectivity index (χ1n) is 14.4. The van der Waals surface area contributed by atoms with Crippen LogP contribution in [0.3, 0.4) is 0 Å². The topological polar surface area (TPSA) is 125 Å². The SMILES string of the molecule is C[C@H]1CNC(=O)CC/C=C\CN(C(C)(C)C)C(=O)[C@H]2N([C@H](CO)c3ccccc3)C(=O)[C@@H]3[C@@H](C(=O)O1)[C@@H]1O[C@@]32C=C1Br. The number of aliphatic hydroxyl groups is 1. The molecule has 4 aliphatic heterocycles. The van der Waals surface area contributed by atoms with Gasteiger partial charge in [-0.15, -0.1) is 0 Å². The monoisotopic (exact) mass is 643 g/mol. The highest BCUT2D eigenvalue weighted by molar-refractivity contribution is 9.11. The molecule has 0 unspecified atom stereocenters. The number of fused-ring (bicyclic) bond motifs is 2. The van der Waals surface area contributed by atoms with Gasteiger partial charge < -0.3 is 29.7 Å². The lowest BCUT2D eigenvalue weighted by atomic mass is 9.74. The number of aliphatic hydroxyl groups excluding tert-OH is 1. The van der Waals surface area contributed by atoms with Crippen LogP contribution < -0.4 is 5.32 Å². The first-order chi connectivity index (χ1) is 19.9. The van der Waals surface area contributed by atoms with Gasteiger partial charge >= 0.3 is 5.97 Å². The van der Waals surface area contributed by atoms with Crippen molar-refractivity contribution in [2.45, 2.75) is 76.0 Å². The largest absolute Gasteiger partial charge is 0.460 e. The number of hydrogen-bond donors (Lipinski definition) is 2. The fraction of sp³-hybridized carbons (Fsp3) is 0.548. The van der Waals surface area contributed by atoms with Crippen molar-refractivity contribution in [3.8, 4) is 0 Å². The molecule has 0 saturated carbocycles. The maximum Gasteiger partial charge on any atom is 0.313 e. The number of carbonyl (C=O) groups excluding carboxylic acids is 4.